The molecule has 0 spiro atoms. The van der Waals surface area contributed by atoms with Gasteiger partial charge in [0.1, 0.15) is 11.4 Å². The predicted molar refractivity (Wildman–Crippen MR) is 135 cm³/mol. The summed E-state index contributed by atoms with van der Waals surface area (Å²) in [6.45, 7) is 0. The molecule has 4 aromatic rings. The highest BCUT2D eigenvalue weighted by Crippen LogP contribution is 2.37. The van der Waals surface area contributed by atoms with Crippen LogP contribution in [0.15, 0.2) is 61.3 Å². The first-order valence-electron chi connectivity index (χ1n) is 11.8. The highest BCUT2D eigenvalue weighted by atomic mass is 35.5. The number of carbonyl (C=O) groups is 1. The van der Waals surface area contributed by atoms with Gasteiger partial charge in [-0.2, -0.15) is 13.2 Å². The third-order valence-corrected chi connectivity index (χ3v) is 7.01. The van der Waals surface area contributed by atoms with Gasteiger partial charge in [0.05, 0.1) is 17.5 Å². The van der Waals surface area contributed by atoms with Crippen molar-refractivity contribution in [1.82, 2.24) is 24.8 Å². The highest BCUT2D eigenvalue weighted by molar-refractivity contribution is 6.31. The quantitative estimate of drug-likeness (QED) is 0.361. The molecule has 1 aliphatic rings. The van der Waals surface area contributed by atoms with Crippen LogP contribution in [0, 0.1) is 0 Å². The van der Waals surface area contributed by atoms with E-state index in [1.54, 1.807) is 54.7 Å². The van der Waals surface area contributed by atoms with Gasteiger partial charge < -0.3 is 14.8 Å². The number of carbonyl (C=O) groups excluding carboxylic acids is 1. The fourth-order valence-electron chi connectivity index (χ4n) is 4.80. The molecule has 1 aromatic carbocycles. The van der Waals surface area contributed by atoms with Crippen LogP contribution in [-0.4, -0.2) is 44.6 Å². The van der Waals surface area contributed by atoms with Gasteiger partial charge in [-0.05, 0) is 62.1 Å². The maximum Gasteiger partial charge on any atom is 0.433 e. The minimum absolute atomic E-state index is 0.00140. The number of pyridine rings is 2. The van der Waals surface area contributed by atoms with Crippen LogP contribution in [0.25, 0.3) is 16.6 Å². The standard InChI is InChI=1S/C26H24ClF3N6O/c1-35(23-14-24(26(28,29)30)34-21-7-2-16(27)12-20(21)23)18-5-3-17(4-6-18)33-25(37)22-13-19(8-9-32-22)36-11-10-31-15-36/h2,7-15,17-18H,3-6H2,1H3,(H,33,37)/t17-,18+. The number of imidazole rings is 1. The topological polar surface area (TPSA) is 75.9 Å². The molecule has 7 nitrogen and oxygen atoms in total. The average Bonchev–Trinajstić information content (AvgIpc) is 3.43. The Labute approximate surface area is 216 Å². The van der Waals surface area contributed by atoms with Gasteiger partial charge in [-0.1, -0.05) is 11.6 Å². The van der Waals surface area contributed by atoms with Crippen LogP contribution in [0.3, 0.4) is 0 Å². The molecule has 1 fully saturated rings. The fourth-order valence-corrected chi connectivity index (χ4v) is 4.97. The number of alkyl halides is 3. The summed E-state index contributed by atoms with van der Waals surface area (Å²) in [5, 5.41) is 4.05. The second-order valence-corrected chi connectivity index (χ2v) is 9.58. The van der Waals surface area contributed by atoms with Gasteiger partial charge in [0, 0.05) is 53.8 Å². The number of nitrogens with one attached hydrogen (secondary N) is 1. The molecule has 192 valence electrons. The fraction of sp³-hybridized carbons (Fsp3) is 0.308. The first-order valence-corrected chi connectivity index (χ1v) is 12.2. The van der Waals surface area contributed by atoms with Gasteiger partial charge >= 0.3 is 6.18 Å². The molecule has 0 radical (unpaired) electrons. The van der Waals surface area contributed by atoms with E-state index in [1.807, 2.05) is 4.90 Å². The molecule has 0 atom stereocenters. The number of fused-ring (bicyclic) bond motifs is 1. The van der Waals surface area contributed by atoms with Crippen LogP contribution >= 0.6 is 11.6 Å². The zero-order valence-electron chi connectivity index (χ0n) is 19.9. The Bertz CT molecular complexity index is 1420. The summed E-state index contributed by atoms with van der Waals surface area (Å²) >= 11 is 6.15. The number of hydrogen-bond donors (Lipinski definition) is 1. The number of aromatic nitrogens is 4. The van der Waals surface area contributed by atoms with Crippen LogP contribution in [-0.2, 0) is 6.18 Å². The molecule has 1 N–H and O–H groups in total. The van der Waals surface area contributed by atoms with Crippen molar-refractivity contribution >= 4 is 34.1 Å². The number of amides is 1. The summed E-state index contributed by atoms with van der Waals surface area (Å²) in [7, 11) is 1.80. The molecule has 1 aliphatic carbocycles. The van der Waals surface area contributed by atoms with Crippen LogP contribution in [0.1, 0.15) is 41.9 Å². The van der Waals surface area contributed by atoms with E-state index in [0.717, 1.165) is 11.8 Å². The zero-order valence-corrected chi connectivity index (χ0v) is 20.7. The Morgan fingerprint density at radius 2 is 1.89 bits per heavy atom. The molecular formula is C26H24ClF3N6O. The van der Waals surface area contributed by atoms with Crippen molar-refractivity contribution in [3.8, 4) is 5.69 Å². The lowest BCUT2D eigenvalue weighted by atomic mass is 9.89. The van der Waals surface area contributed by atoms with Gasteiger partial charge in [0.25, 0.3) is 5.91 Å². The van der Waals surface area contributed by atoms with E-state index in [9.17, 15) is 18.0 Å². The average molecular weight is 529 g/mol. The van der Waals surface area contributed by atoms with E-state index in [-0.39, 0.29) is 23.5 Å². The number of anilines is 1. The summed E-state index contributed by atoms with van der Waals surface area (Å²) in [5.74, 6) is -0.261. The van der Waals surface area contributed by atoms with E-state index in [4.69, 9.17) is 11.6 Å². The van der Waals surface area contributed by atoms with Crippen LogP contribution in [0.4, 0.5) is 18.9 Å². The molecule has 0 aliphatic heterocycles. The van der Waals surface area contributed by atoms with Crippen molar-refractivity contribution in [3.63, 3.8) is 0 Å². The van der Waals surface area contributed by atoms with Crippen molar-refractivity contribution in [2.75, 3.05) is 11.9 Å². The maximum absolute atomic E-state index is 13.5. The molecule has 0 saturated heterocycles. The summed E-state index contributed by atoms with van der Waals surface area (Å²) in [6.07, 6.45) is 4.90. The summed E-state index contributed by atoms with van der Waals surface area (Å²) in [4.78, 5) is 26.7. The minimum atomic E-state index is -4.56. The highest BCUT2D eigenvalue weighted by Gasteiger charge is 2.35. The first-order chi connectivity index (χ1) is 17.7. The Kier molecular flexibility index (Phi) is 6.76. The minimum Gasteiger partial charge on any atom is -0.371 e. The van der Waals surface area contributed by atoms with Crippen molar-refractivity contribution in [2.45, 2.75) is 43.9 Å². The lowest BCUT2D eigenvalue weighted by Crippen LogP contribution is -2.43. The molecule has 0 bridgehead atoms. The van der Waals surface area contributed by atoms with Gasteiger partial charge in [0.2, 0.25) is 0 Å². The van der Waals surface area contributed by atoms with Crippen molar-refractivity contribution in [1.29, 1.82) is 0 Å². The second kappa shape index (κ2) is 10.0. The normalized spacial score (nSPS) is 18.1. The summed E-state index contributed by atoms with van der Waals surface area (Å²) < 4.78 is 42.4. The Balaban J connectivity index is 1.28. The predicted octanol–water partition coefficient (Wildman–Crippen LogP) is 5.67. The summed E-state index contributed by atoms with van der Waals surface area (Å²) in [5.41, 5.74) is 0.840. The van der Waals surface area contributed by atoms with Gasteiger partial charge in [-0.25, -0.2) is 9.97 Å². The van der Waals surface area contributed by atoms with Crippen LogP contribution < -0.4 is 10.2 Å². The Hall–Kier alpha value is -3.66. The first kappa shape index (κ1) is 25.0. The third-order valence-electron chi connectivity index (χ3n) is 6.78. The van der Waals surface area contributed by atoms with E-state index < -0.39 is 11.9 Å². The van der Waals surface area contributed by atoms with Crippen molar-refractivity contribution < 1.29 is 18.0 Å². The van der Waals surface area contributed by atoms with Crippen LogP contribution in [0.2, 0.25) is 5.02 Å². The molecular weight excluding hydrogens is 505 g/mol. The lowest BCUT2D eigenvalue weighted by Gasteiger charge is -2.37. The zero-order chi connectivity index (χ0) is 26.2. The second-order valence-electron chi connectivity index (χ2n) is 9.14. The van der Waals surface area contributed by atoms with Gasteiger partial charge in [-0.15, -0.1) is 0 Å². The van der Waals surface area contributed by atoms with E-state index in [1.165, 1.54) is 12.1 Å². The van der Waals surface area contributed by atoms with Crippen LogP contribution in [0.5, 0.6) is 0 Å². The molecule has 1 saturated carbocycles. The number of nitrogens with zero attached hydrogens (tertiary/aromatic N) is 5. The smallest absolute Gasteiger partial charge is 0.371 e. The number of halogens is 4. The third kappa shape index (κ3) is 5.39. The number of benzene rings is 1. The monoisotopic (exact) mass is 528 g/mol. The Morgan fingerprint density at radius 1 is 1.11 bits per heavy atom. The summed E-state index contributed by atoms with van der Waals surface area (Å²) in [6, 6.07) is 9.22. The van der Waals surface area contributed by atoms with Gasteiger partial charge in [-0.3, -0.25) is 9.78 Å². The maximum atomic E-state index is 13.5. The number of rotatable bonds is 5. The van der Waals surface area contributed by atoms with E-state index >= 15 is 0 Å². The molecule has 0 unspecified atom stereocenters. The lowest BCUT2D eigenvalue weighted by molar-refractivity contribution is -0.140. The Morgan fingerprint density at radius 3 is 2.59 bits per heavy atom. The molecule has 37 heavy (non-hydrogen) atoms. The van der Waals surface area contributed by atoms with Gasteiger partial charge in [0.15, 0.2) is 0 Å². The molecule has 3 heterocycles. The van der Waals surface area contributed by atoms with E-state index in [2.05, 4.69) is 20.3 Å². The SMILES string of the molecule is CN(c1cc(C(F)(F)F)nc2ccc(Cl)cc12)[C@H]1CC[C@@H](NC(=O)c2cc(-n3ccnc3)ccn2)CC1. The van der Waals surface area contributed by atoms with Crippen molar-refractivity contribution in [2.24, 2.45) is 0 Å². The molecule has 1 amide bonds. The number of hydrogen-bond acceptors (Lipinski definition) is 5. The van der Waals surface area contributed by atoms with E-state index in [0.29, 0.717) is 47.5 Å². The molecule has 11 heteroatoms. The largest absolute Gasteiger partial charge is 0.433 e. The van der Waals surface area contributed by atoms with Crippen molar-refractivity contribution in [3.05, 3.63) is 77.7 Å². The molecule has 3 aromatic heterocycles. The molecule has 5 rings (SSSR count).